The summed E-state index contributed by atoms with van der Waals surface area (Å²) in [5, 5.41) is 40.6. The number of carbonyl (C=O) groups excluding carboxylic acids is 2. The molecule has 0 bridgehead atoms. The zero-order chi connectivity index (χ0) is 36.4. The smallest absolute Gasteiger partial charge is 0.313 e. The van der Waals surface area contributed by atoms with E-state index in [0.717, 1.165) is 17.6 Å². The Balaban J connectivity index is 1.33. The molecule has 4 unspecified atom stereocenters. The van der Waals surface area contributed by atoms with Crippen molar-refractivity contribution in [3.05, 3.63) is 114 Å². The molecule has 0 aromatic heterocycles. The number of esters is 2. The lowest BCUT2D eigenvalue weighted by molar-refractivity contribution is -0.164. The van der Waals surface area contributed by atoms with Gasteiger partial charge in [0.25, 0.3) is 0 Å². The lowest BCUT2D eigenvalue weighted by atomic mass is 9.66. The maximum Gasteiger partial charge on any atom is 0.313 e. The molecule has 8 heteroatoms. The Kier molecular flexibility index (Phi) is 13.2. The van der Waals surface area contributed by atoms with Gasteiger partial charge in [-0.25, -0.2) is 0 Å². The number of phenols is 2. The second-order valence-corrected chi connectivity index (χ2v) is 13.9. The zero-order valence-corrected chi connectivity index (χ0v) is 29.3. The monoisotopic (exact) mass is 682 g/mol. The molecule has 0 saturated heterocycles. The fraction of sp³-hybridized carbons (Fsp3) is 0.381. The fourth-order valence-electron chi connectivity index (χ4n) is 6.24. The van der Waals surface area contributed by atoms with Gasteiger partial charge in [0, 0.05) is 24.3 Å². The Morgan fingerprint density at radius 2 is 1.74 bits per heavy atom. The Morgan fingerprint density at radius 1 is 1.02 bits per heavy atom. The molecule has 0 amide bonds. The van der Waals surface area contributed by atoms with Crippen LogP contribution in [-0.2, 0) is 14.3 Å². The van der Waals surface area contributed by atoms with Crippen molar-refractivity contribution in [1.29, 1.82) is 0 Å². The van der Waals surface area contributed by atoms with Crippen molar-refractivity contribution in [3.63, 3.8) is 0 Å². The highest BCUT2D eigenvalue weighted by atomic mass is 16.5. The minimum Gasteiger partial charge on any atom is -0.508 e. The first-order chi connectivity index (χ1) is 23.8. The van der Waals surface area contributed by atoms with E-state index in [2.05, 4.69) is 37.8 Å². The van der Waals surface area contributed by atoms with Gasteiger partial charge in [-0.3, -0.25) is 9.59 Å². The molecule has 0 radical (unpaired) electrons. The summed E-state index contributed by atoms with van der Waals surface area (Å²) in [6.45, 7) is 12.0. The van der Waals surface area contributed by atoms with E-state index in [1.165, 1.54) is 12.1 Å². The highest BCUT2D eigenvalue weighted by Gasteiger charge is 2.42. The van der Waals surface area contributed by atoms with Crippen molar-refractivity contribution in [2.24, 2.45) is 29.1 Å². The molecule has 50 heavy (non-hydrogen) atoms. The predicted molar refractivity (Wildman–Crippen MR) is 196 cm³/mol. The number of aliphatic hydroxyl groups is 2. The van der Waals surface area contributed by atoms with Crippen molar-refractivity contribution in [2.75, 3.05) is 0 Å². The molecule has 7 atom stereocenters. The van der Waals surface area contributed by atoms with Crippen molar-refractivity contribution >= 4 is 24.1 Å². The van der Waals surface area contributed by atoms with E-state index >= 15 is 0 Å². The fourth-order valence-corrected chi connectivity index (χ4v) is 6.24. The van der Waals surface area contributed by atoms with Gasteiger partial charge >= 0.3 is 11.9 Å². The molecule has 0 saturated carbocycles. The number of fused-ring (bicyclic) bond motifs is 1. The van der Waals surface area contributed by atoms with Crippen molar-refractivity contribution in [3.8, 4) is 17.2 Å². The predicted octanol–water partition coefficient (Wildman–Crippen LogP) is 7.71. The third-order valence-corrected chi connectivity index (χ3v) is 9.40. The minimum absolute atomic E-state index is 0.0119. The van der Waals surface area contributed by atoms with E-state index < -0.39 is 23.6 Å². The van der Waals surface area contributed by atoms with Gasteiger partial charge in [-0.1, -0.05) is 86.7 Å². The van der Waals surface area contributed by atoms with E-state index in [1.807, 2.05) is 32.9 Å². The first-order valence-electron chi connectivity index (χ1n) is 17.2. The Bertz CT molecular complexity index is 1640. The molecular formula is C42H50O8. The minimum atomic E-state index is -1.16. The molecular weight excluding hydrogens is 632 g/mol. The maximum absolute atomic E-state index is 13.1. The van der Waals surface area contributed by atoms with Gasteiger partial charge in [0.05, 0.1) is 24.0 Å². The average Bonchev–Trinajstić information content (AvgIpc) is 3.05. The first-order valence-corrected chi connectivity index (χ1v) is 17.2. The molecule has 4 N–H and O–H groups in total. The summed E-state index contributed by atoms with van der Waals surface area (Å²) >= 11 is 0. The van der Waals surface area contributed by atoms with E-state index in [1.54, 1.807) is 54.6 Å². The summed E-state index contributed by atoms with van der Waals surface area (Å²) in [4.78, 5) is 25.7. The Morgan fingerprint density at radius 3 is 2.44 bits per heavy atom. The van der Waals surface area contributed by atoms with Crippen LogP contribution in [0.1, 0.15) is 64.5 Å². The lowest BCUT2D eigenvalue weighted by Crippen LogP contribution is -2.42. The largest absolute Gasteiger partial charge is 0.508 e. The number of rotatable bonds is 14. The van der Waals surface area contributed by atoms with E-state index in [-0.39, 0.29) is 65.8 Å². The van der Waals surface area contributed by atoms with Gasteiger partial charge in [0.1, 0.15) is 23.4 Å². The van der Waals surface area contributed by atoms with Crippen LogP contribution in [0.5, 0.6) is 17.2 Å². The number of allylic oxidation sites excluding steroid dienone is 7. The molecule has 2 aromatic rings. The topological polar surface area (TPSA) is 134 Å². The standard InChI is InChI=1S/C42H50O8/c1-6-30-16-17-31-20-27(3)21-38(50-41(48)42(4,5)7-2)40(31)37(30)11-9-8-10-33(44)24-35(46)26-39(47)49-36-23-29(22-34(45)25-36)13-12-28-14-18-32(43)19-15-28/h6,8-20,22-23,25,27,30,33,35,37-38,40,43-46H,1,7,21,24,26H2,2-5H3/b10-8?,11-9?,13-12+/t27-,30?,33?,35+,37?,38-,40?/m0/s1. The quantitative estimate of drug-likeness (QED) is 0.0524. The Labute approximate surface area is 295 Å². The van der Waals surface area contributed by atoms with Gasteiger partial charge in [-0.2, -0.15) is 0 Å². The normalized spacial score (nSPS) is 23.4. The summed E-state index contributed by atoms with van der Waals surface area (Å²) in [5.74, 6) is -0.467. The van der Waals surface area contributed by atoms with Crippen LogP contribution in [0.2, 0.25) is 0 Å². The van der Waals surface area contributed by atoms with Crippen LogP contribution in [0.3, 0.4) is 0 Å². The first kappa shape index (κ1) is 38.1. The molecule has 8 nitrogen and oxygen atoms in total. The van der Waals surface area contributed by atoms with Crippen LogP contribution in [0, 0.1) is 29.1 Å². The number of hydrogen-bond acceptors (Lipinski definition) is 8. The van der Waals surface area contributed by atoms with Crippen LogP contribution in [-0.4, -0.2) is 50.7 Å². The van der Waals surface area contributed by atoms with Gasteiger partial charge in [-0.05, 0) is 79.5 Å². The van der Waals surface area contributed by atoms with Crippen LogP contribution < -0.4 is 4.74 Å². The van der Waals surface area contributed by atoms with Crippen LogP contribution >= 0.6 is 0 Å². The third-order valence-electron chi connectivity index (χ3n) is 9.40. The molecule has 2 aliphatic carbocycles. The molecule has 0 aliphatic heterocycles. The average molecular weight is 683 g/mol. The van der Waals surface area contributed by atoms with Gasteiger partial charge < -0.3 is 29.9 Å². The van der Waals surface area contributed by atoms with Gasteiger partial charge in [-0.15, -0.1) is 6.58 Å². The summed E-state index contributed by atoms with van der Waals surface area (Å²) in [6.07, 6.45) is 17.6. The SMILES string of the molecule is C=CC1C=CC2=C[C@H](C)C[C@H](OC(=O)C(C)(C)CC)C2C1C=CC=CC(O)C[C@@H](O)CC(=O)Oc1cc(O)cc(/C=C/c2ccc(O)cc2)c1. The van der Waals surface area contributed by atoms with E-state index in [4.69, 9.17) is 9.47 Å². The Hall–Kier alpha value is -4.66. The molecule has 266 valence electrons. The molecule has 4 rings (SSSR count). The molecule has 0 fully saturated rings. The second-order valence-electron chi connectivity index (χ2n) is 13.9. The van der Waals surface area contributed by atoms with E-state index in [0.29, 0.717) is 12.0 Å². The maximum atomic E-state index is 13.1. The van der Waals surface area contributed by atoms with Crippen LogP contribution in [0.25, 0.3) is 12.2 Å². The van der Waals surface area contributed by atoms with E-state index in [9.17, 15) is 30.0 Å². The second kappa shape index (κ2) is 17.3. The van der Waals surface area contributed by atoms with Crippen LogP contribution in [0.15, 0.2) is 103 Å². The third kappa shape index (κ3) is 10.7. The van der Waals surface area contributed by atoms with Crippen molar-refractivity contribution in [1.82, 2.24) is 0 Å². The number of aromatic hydroxyl groups is 2. The summed E-state index contributed by atoms with van der Waals surface area (Å²) < 4.78 is 11.5. The number of benzene rings is 2. The zero-order valence-electron chi connectivity index (χ0n) is 29.3. The lowest BCUT2D eigenvalue weighted by Gasteiger charge is -2.42. The number of hydrogen-bond donors (Lipinski definition) is 4. The summed E-state index contributed by atoms with van der Waals surface area (Å²) in [6, 6.07) is 11.0. The molecule has 2 aromatic carbocycles. The molecule has 0 spiro atoms. The van der Waals surface area contributed by atoms with Gasteiger partial charge in [0.15, 0.2) is 0 Å². The highest BCUT2D eigenvalue weighted by Crippen LogP contribution is 2.44. The summed E-state index contributed by atoms with van der Waals surface area (Å²) in [5.41, 5.74) is 1.99. The number of phenolic OH excluding ortho intramolecular Hbond substituents is 2. The van der Waals surface area contributed by atoms with Crippen molar-refractivity contribution < 1.29 is 39.5 Å². The number of aliphatic hydroxyl groups excluding tert-OH is 2. The highest BCUT2D eigenvalue weighted by molar-refractivity contribution is 5.76. The van der Waals surface area contributed by atoms with Crippen molar-refractivity contribution in [2.45, 2.75) is 71.7 Å². The van der Waals surface area contributed by atoms with Gasteiger partial charge in [0.2, 0.25) is 0 Å². The molecule has 0 heterocycles. The number of ether oxygens (including phenoxy) is 2. The van der Waals surface area contributed by atoms with Crippen LogP contribution in [0.4, 0.5) is 0 Å². The number of carbonyl (C=O) groups is 2. The molecule has 2 aliphatic rings. The summed E-state index contributed by atoms with van der Waals surface area (Å²) in [7, 11) is 0.